The highest BCUT2D eigenvalue weighted by Gasteiger charge is 2.30. The molecule has 0 unspecified atom stereocenters. The molecule has 6 heteroatoms. The number of benzene rings is 2. The van der Waals surface area contributed by atoms with Crippen LogP contribution in [0.25, 0.3) is 0 Å². The lowest BCUT2D eigenvalue weighted by Crippen LogP contribution is -2.49. The number of piperazine rings is 1. The van der Waals surface area contributed by atoms with Crippen LogP contribution in [0.2, 0.25) is 0 Å². The van der Waals surface area contributed by atoms with Crippen LogP contribution in [-0.2, 0) is 10.0 Å². The second kappa shape index (κ2) is 7.23. The predicted octanol–water partition coefficient (Wildman–Crippen LogP) is 3.20. The lowest BCUT2D eigenvalue weighted by Gasteiger charge is -2.37. The minimum absolute atomic E-state index is 0.129. The molecule has 4 nitrogen and oxygen atoms in total. The number of sulfonamides is 1. The van der Waals surface area contributed by atoms with Crippen LogP contribution in [0.1, 0.15) is 24.1 Å². The molecule has 1 aliphatic rings. The van der Waals surface area contributed by atoms with Crippen LogP contribution < -0.4 is 0 Å². The first-order chi connectivity index (χ1) is 11.9. The SMILES string of the molecule is Cc1ccc(S(=O)(=O)N2CCN([C@H](C)c3ccc(F)cc3)CC2)cc1. The van der Waals surface area contributed by atoms with Gasteiger partial charge in [0.1, 0.15) is 5.82 Å². The van der Waals surface area contributed by atoms with Gasteiger partial charge in [-0.15, -0.1) is 0 Å². The average Bonchev–Trinajstić information content (AvgIpc) is 2.62. The van der Waals surface area contributed by atoms with Gasteiger partial charge in [0, 0.05) is 32.2 Å². The summed E-state index contributed by atoms with van der Waals surface area (Å²) in [6.45, 7) is 6.24. The summed E-state index contributed by atoms with van der Waals surface area (Å²) < 4.78 is 40.1. The molecule has 3 rings (SSSR count). The molecule has 0 saturated carbocycles. The van der Waals surface area contributed by atoms with Gasteiger partial charge in [-0.25, -0.2) is 12.8 Å². The molecular weight excluding hydrogens is 339 g/mol. The molecule has 2 aromatic rings. The summed E-state index contributed by atoms with van der Waals surface area (Å²) in [5.41, 5.74) is 2.08. The maximum Gasteiger partial charge on any atom is 0.243 e. The minimum atomic E-state index is -3.44. The highest BCUT2D eigenvalue weighted by atomic mass is 32.2. The zero-order valence-electron chi connectivity index (χ0n) is 14.5. The Morgan fingerprint density at radius 2 is 1.48 bits per heavy atom. The molecule has 0 amide bonds. The van der Waals surface area contributed by atoms with Crippen molar-refractivity contribution in [2.45, 2.75) is 24.8 Å². The van der Waals surface area contributed by atoms with Crippen LogP contribution in [0.15, 0.2) is 53.4 Å². The summed E-state index contributed by atoms with van der Waals surface area (Å²) in [6.07, 6.45) is 0. The number of halogens is 1. The van der Waals surface area contributed by atoms with E-state index in [2.05, 4.69) is 11.8 Å². The Labute approximate surface area is 148 Å². The van der Waals surface area contributed by atoms with Gasteiger partial charge in [-0.1, -0.05) is 29.8 Å². The van der Waals surface area contributed by atoms with E-state index < -0.39 is 10.0 Å². The standard InChI is InChI=1S/C19H23FN2O2S/c1-15-3-9-19(10-4-15)25(23,24)22-13-11-21(12-14-22)16(2)17-5-7-18(20)8-6-17/h3-10,16H,11-14H2,1-2H3/t16-/m1/s1. The molecule has 0 aromatic heterocycles. The summed E-state index contributed by atoms with van der Waals surface area (Å²) in [5.74, 6) is -0.245. The molecule has 1 heterocycles. The van der Waals surface area contributed by atoms with Crippen LogP contribution in [-0.4, -0.2) is 43.8 Å². The summed E-state index contributed by atoms with van der Waals surface area (Å²) in [6, 6.07) is 13.6. The van der Waals surface area contributed by atoms with Crippen molar-refractivity contribution in [2.24, 2.45) is 0 Å². The topological polar surface area (TPSA) is 40.6 Å². The summed E-state index contributed by atoms with van der Waals surface area (Å²) >= 11 is 0. The third-order valence-electron chi connectivity index (χ3n) is 4.83. The number of hydrogen-bond acceptors (Lipinski definition) is 3. The van der Waals surface area contributed by atoms with Crippen molar-refractivity contribution in [1.82, 2.24) is 9.21 Å². The first-order valence-corrected chi connectivity index (χ1v) is 9.88. The molecule has 0 radical (unpaired) electrons. The summed E-state index contributed by atoms with van der Waals surface area (Å²) in [4.78, 5) is 2.58. The lowest BCUT2D eigenvalue weighted by molar-refractivity contribution is 0.146. The first kappa shape index (κ1) is 18.0. The second-order valence-corrected chi connectivity index (χ2v) is 8.42. The molecule has 2 aromatic carbocycles. The Hall–Kier alpha value is -1.76. The number of aryl methyl sites for hydroxylation is 1. The molecule has 0 N–H and O–H groups in total. The second-order valence-electron chi connectivity index (χ2n) is 6.48. The van der Waals surface area contributed by atoms with Gasteiger partial charge in [0.2, 0.25) is 10.0 Å². The van der Waals surface area contributed by atoms with E-state index in [1.807, 2.05) is 19.1 Å². The van der Waals surface area contributed by atoms with Crippen LogP contribution in [0.4, 0.5) is 4.39 Å². The Bertz CT molecular complexity index is 812. The van der Waals surface area contributed by atoms with E-state index >= 15 is 0 Å². The smallest absolute Gasteiger partial charge is 0.243 e. The van der Waals surface area contributed by atoms with Crippen molar-refractivity contribution in [3.05, 3.63) is 65.5 Å². The van der Waals surface area contributed by atoms with E-state index in [9.17, 15) is 12.8 Å². The van der Waals surface area contributed by atoms with Crippen molar-refractivity contribution in [1.29, 1.82) is 0 Å². The number of nitrogens with zero attached hydrogens (tertiary/aromatic N) is 2. The van der Waals surface area contributed by atoms with Crippen molar-refractivity contribution >= 4 is 10.0 Å². The molecule has 0 aliphatic carbocycles. The van der Waals surface area contributed by atoms with Gasteiger partial charge in [-0.3, -0.25) is 4.90 Å². The molecule has 1 saturated heterocycles. The average molecular weight is 362 g/mol. The zero-order chi connectivity index (χ0) is 18.0. The highest BCUT2D eigenvalue weighted by Crippen LogP contribution is 2.24. The largest absolute Gasteiger partial charge is 0.294 e. The van der Waals surface area contributed by atoms with Gasteiger partial charge in [0.25, 0.3) is 0 Å². The van der Waals surface area contributed by atoms with Gasteiger partial charge in [-0.05, 0) is 43.7 Å². The monoisotopic (exact) mass is 362 g/mol. The Morgan fingerprint density at radius 1 is 0.920 bits per heavy atom. The van der Waals surface area contributed by atoms with Gasteiger partial charge in [0.05, 0.1) is 4.90 Å². The fourth-order valence-corrected chi connectivity index (χ4v) is 4.56. The van der Waals surface area contributed by atoms with Gasteiger partial charge >= 0.3 is 0 Å². The Morgan fingerprint density at radius 3 is 2.04 bits per heavy atom. The normalized spacial score (nSPS) is 18.2. The maximum atomic E-state index is 13.1. The lowest BCUT2D eigenvalue weighted by atomic mass is 10.1. The summed E-state index contributed by atoms with van der Waals surface area (Å²) in [5, 5.41) is 0. The molecule has 134 valence electrons. The zero-order valence-corrected chi connectivity index (χ0v) is 15.3. The van der Waals surface area contributed by atoms with Crippen molar-refractivity contribution in [3.8, 4) is 0 Å². The van der Waals surface area contributed by atoms with E-state index in [1.165, 1.54) is 12.1 Å². The van der Waals surface area contributed by atoms with Gasteiger partial charge in [0.15, 0.2) is 0 Å². The Kier molecular flexibility index (Phi) is 5.22. The molecule has 1 atom stereocenters. The quantitative estimate of drug-likeness (QED) is 0.839. The third-order valence-corrected chi connectivity index (χ3v) is 6.74. The molecule has 0 bridgehead atoms. The minimum Gasteiger partial charge on any atom is -0.294 e. The number of rotatable bonds is 4. The molecule has 0 spiro atoms. The van der Waals surface area contributed by atoms with Crippen LogP contribution in [0.3, 0.4) is 0 Å². The summed E-state index contributed by atoms with van der Waals surface area (Å²) in [7, 11) is -3.44. The highest BCUT2D eigenvalue weighted by molar-refractivity contribution is 7.89. The van der Waals surface area contributed by atoms with Crippen molar-refractivity contribution < 1.29 is 12.8 Å². The van der Waals surface area contributed by atoms with Crippen LogP contribution in [0, 0.1) is 12.7 Å². The van der Waals surface area contributed by atoms with Gasteiger partial charge < -0.3 is 0 Å². The predicted molar refractivity (Wildman–Crippen MR) is 96.3 cm³/mol. The Balaban J connectivity index is 1.67. The van der Waals surface area contributed by atoms with E-state index in [4.69, 9.17) is 0 Å². The van der Waals surface area contributed by atoms with Crippen molar-refractivity contribution in [2.75, 3.05) is 26.2 Å². The van der Waals surface area contributed by atoms with Crippen molar-refractivity contribution in [3.63, 3.8) is 0 Å². The fraction of sp³-hybridized carbons (Fsp3) is 0.368. The maximum absolute atomic E-state index is 13.1. The molecule has 25 heavy (non-hydrogen) atoms. The van der Waals surface area contributed by atoms with E-state index in [1.54, 1.807) is 28.6 Å². The fourth-order valence-electron chi connectivity index (χ4n) is 3.14. The van der Waals surface area contributed by atoms with E-state index in [0.29, 0.717) is 31.1 Å². The van der Waals surface area contributed by atoms with Crippen LogP contribution >= 0.6 is 0 Å². The molecular formula is C19H23FN2O2S. The molecule has 1 aliphatic heterocycles. The van der Waals surface area contributed by atoms with E-state index in [-0.39, 0.29) is 11.9 Å². The van der Waals surface area contributed by atoms with E-state index in [0.717, 1.165) is 11.1 Å². The van der Waals surface area contributed by atoms with Crippen LogP contribution in [0.5, 0.6) is 0 Å². The number of hydrogen-bond donors (Lipinski definition) is 0. The van der Waals surface area contributed by atoms with Gasteiger partial charge in [-0.2, -0.15) is 4.31 Å². The molecule has 1 fully saturated rings. The third kappa shape index (κ3) is 3.92. The first-order valence-electron chi connectivity index (χ1n) is 8.44.